The fourth-order valence-corrected chi connectivity index (χ4v) is 4.46. The number of thiophene rings is 1. The number of hydrogen-bond acceptors (Lipinski definition) is 6. The summed E-state index contributed by atoms with van der Waals surface area (Å²) in [5.74, 6) is 0.525. The first-order valence-electron chi connectivity index (χ1n) is 10.3. The molecular formula is C25H24BrNO5S. The minimum Gasteiger partial charge on any atom is -0.496 e. The van der Waals surface area contributed by atoms with Crippen LogP contribution in [0.5, 0.6) is 11.5 Å². The first-order chi connectivity index (χ1) is 16.0. The molecule has 1 amide bonds. The smallest absolute Gasteiger partial charge is 0.341 e. The van der Waals surface area contributed by atoms with Gasteiger partial charge in [0.15, 0.2) is 0 Å². The van der Waals surface area contributed by atoms with Crippen molar-refractivity contribution >= 4 is 50.2 Å². The Balaban J connectivity index is 1.87. The van der Waals surface area contributed by atoms with Gasteiger partial charge in [0, 0.05) is 27.1 Å². The molecule has 0 radical (unpaired) electrons. The van der Waals surface area contributed by atoms with Crippen molar-refractivity contribution in [2.24, 2.45) is 0 Å². The van der Waals surface area contributed by atoms with E-state index in [1.807, 2.05) is 54.8 Å². The minimum atomic E-state index is -0.490. The van der Waals surface area contributed by atoms with Gasteiger partial charge in [-0.05, 0) is 55.8 Å². The largest absolute Gasteiger partial charge is 0.496 e. The SMILES string of the molecule is CCOC(=O)c1c(-c2ccc(OCC)cc2)csc1NC(=O)/C=C/c1cc(Br)ccc1OC. The summed E-state index contributed by atoms with van der Waals surface area (Å²) in [4.78, 5) is 25.4. The number of anilines is 1. The van der Waals surface area contributed by atoms with E-state index in [0.717, 1.165) is 21.3 Å². The Labute approximate surface area is 205 Å². The van der Waals surface area contributed by atoms with Gasteiger partial charge < -0.3 is 19.5 Å². The molecule has 0 saturated carbocycles. The highest BCUT2D eigenvalue weighted by atomic mass is 79.9. The molecule has 0 atom stereocenters. The van der Waals surface area contributed by atoms with Crippen LogP contribution in [0.1, 0.15) is 29.8 Å². The van der Waals surface area contributed by atoms with Crippen LogP contribution in [-0.2, 0) is 9.53 Å². The molecule has 3 rings (SSSR count). The van der Waals surface area contributed by atoms with E-state index in [2.05, 4.69) is 21.2 Å². The lowest BCUT2D eigenvalue weighted by atomic mass is 10.0. The Kier molecular flexibility index (Phi) is 8.68. The Hall–Kier alpha value is -3.10. The van der Waals surface area contributed by atoms with Gasteiger partial charge in [-0.1, -0.05) is 28.1 Å². The van der Waals surface area contributed by atoms with Crippen LogP contribution in [0.4, 0.5) is 5.00 Å². The van der Waals surface area contributed by atoms with Gasteiger partial charge in [-0.3, -0.25) is 4.79 Å². The number of amides is 1. The third kappa shape index (κ3) is 6.24. The van der Waals surface area contributed by atoms with Crippen LogP contribution >= 0.6 is 27.3 Å². The maximum absolute atomic E-state index is 12.7. The molecule has 0 aliphatic heterocycles. The molecule has 2 aromatic carbocycles. The molecule has 1 heterocycles. The summed E-state index contributed by atoms with van der Waals surface area (Å²) in [6.45, 7) is 4.46. The molecule has 0 aliphatic carbocycles. The topological polar surface area (TPSA) is 73.9 Å². The van der Waals surface area contributed by atoms with Crippen LogP contribution in [0.2, 0.25) is 0 Å². The van der Waals surface area contributed by atoms with Crippen molar-refractivity contribution in [2.75, 3.05) is 25.6 Å². The first kappa shape index (κ1) is 24.5. The monoisotopic (exact) mass is 529 g/mol. The lowest BCUT2D eigenvalue weighted by Gasteiger charge is -2.09. The normalized spacial score (nSPS) is 10.8. The van der Waals surface area contributed by atoms with Crippen molar-refractivity contribution in [2.45, 2.75) is 13.8 Å². The summed E-state index contributed by atoms with van der Waals surface area (Å²) in [5, 5.41) is 5.06. The number of nitrogens with one attached hydrogen (secondary N) is 1. The van der Waals surface area contributed by atoms with Crippen LogP contribution in [0.15, 0.2) is 58.4 Å². The van der Waals surface area contributed by atoms with Gasteiger partial charge in [0.05, 0.1) is 20.3 Å². The molecule has 0 saturated heterocycles. The van der Waals surface area contributed by atoms with E-state index in [1.165, 1.54) is 17.4 Å². The molecule has 172 valence electrons. The number of rotatable bonds is 9. The molecule has 3 aromatic rings. The first-order valence-corrected chi connectivity index (χ1v) is 12.0. The summed E-state index contributed by atoms with van der Waals surface area (Å²) in [6, 6.07) is 13.0. The van der Waals surface area contributed by atoms with Crippen LogP contribution in [0.25, 0.3) is 17.2 Å². The van der Waals surface area contributed by atoms with Crippen LogP contribution in [-0.4, -0.2) is 32.2 Å². The quantitative estimate of drug-likeness (QED) is 0.256. The third-order valence-electron chi connectivity index (χ3n) is 4.59. The fourth-order valence-electron chi connectivity index (χ4n) is 3.12. The molecule has 6 nitrogen and oxygen atoms in total. The zero-order chi connectivity index (χ0) is 23.8. The number of benzene rings is 2. The lowest BCUT2D eigenvalue weighted by molar-refractivity contribution is -0.111. The van der Waals surface area contributed by atoms with Crippen molar-refractivity contribution in [1.29, 1.82) is 0 Å². The molecule has 0 bridgehead atoms. The van der Waals surface area contributed by atoms with Gasteiger partial charge in [0.25, 0.3) is 0 Å². The summed E-state index contributed by atoms with van der Waals surface area (Å²) in [7, 11) is 1.57. The molecule has 33 heavy (non-hydrogen) atoms. The van der Waals surface area contributed by atoms with E-state index < -0.39 is 5.97 Å². The van der Waals surface area contributed by atoms with E-state index >= 15 is 0 Å². The highest BCUT2D eigenvalue weighted by Crippen LogP contribution is 2.37. The van der Waals surface area contributed by atoms with Gasteiger partial charge in [-0.25, -0.2) is 4.79 Å². The Morgan fingerprint density at radius 1 is 1.09 bits per heavy atom. The Bertz CT molecular complexity index is 1150. The van der Waals surface area contributed by atoms with Crippen LogP contribution in [0.3, 0.4) is 0 Å². The maximum Gasteiger partial charge on any atom is 0.341 e. The van der Waals surface area contributed by atoms with Crippen molar-refractivity contribution in [3.05, 3.63) is 69.5 Å². The van der Waals surface area contributed by atoms with Gasteiger partial charge in [-0.2, -0.15) is 0 Å². The molecule has 0 spiro atoms. The van der Waals surface area contributed by atoms with Crippen LogP contribution < -0.4 is 14.8 Å². The van der Waals surface area contributed by atoms with Gasteiger partial charge in [0.2, 0.25) is 5.91 Å². The van der Waals surface area contributed by atoms with Crippen molar-refractivity contribution in [3.8, 4) is 22.6 Å². The van der Waals surface area contributed by atoms with E-state index in [0.29, 0.717) is 28.5 Å². The number of hydrogen-bond donors (Lipinski definition) is 1. The third-order valence-corrected chi connectivity index (χ3v) is 5.98. The number of halogens is 1. The molecule has 1 N–H and O–H groups in total. The van der Waals surface area contributed by atoms with E-state index in [4.69, 9.17) is 14.2 Å². The fraction of sp³-hybridized carbons (Fsp3) is 0.200. The standard InChI is InChI=1S/C25H24BrNO5S/c1-4-31-19-10-6-16(7-11-19)20-15-33-24(23(20)25(29)32-5-2)27-22(28)13-8-17-14-18(26)9-12-21(17)30-3/h6-15H,4-5H2,1-3H3,(H,27,28)/b13-8+. The second-order valence-corrected chi connectivity index (χ2v) is 8.54. The van der Waals surface area contributed by atoms with Crippen molar-refractivity contribution in [1.82, 2.24) is 0 Å². The summed E-state index contributed by atoms with van der Waals surface area (Å²) >= 11 is 4.69. The lowest BCUT2D eigenvalue weighted by Crippen LogP contribution is -2.12. The number of carbonyl (C=O) groups excluding carboxylic acids is 2. The molecule has 8 heteroatoms. The molecule has 0 fully saturated rings. The van der Waals surface area contributed by atoms with Gasteiger partial charge in [-0.15, -0.1) is 11.3 Å². The van der Waals surface area contributed by atoms with E-state index in [1.54, 1.807) is 20.1 Å². The van der Waals surface area contributed by atoms with Gasteiger partial charge in [0.1, 0.15) is 22.1 Å². The number of ether oxygens (including phenoxy) is 3. The van der Waals surface area contributed by atoms with Crippen molar-refractivity contribution in [3.63, 3.8) is 0 Å². The van der Waals surface area contributed by atoms with Crippen molar-refractivity contribution < 1.29 is 23.8 Å². The summed E-state index contributed by atoms with van der Waals surface area (Å²) in [6.07, 6.45) is 3.05. The molecular weight excluding hydrogens is 506 g/mol. The van der Waals surface area contributed by atoms with Gasteiger partial charge >= 0.3 is 5.97 Å². The Morgan fingerprint density at radius 3 is 2.52 bits per heavy atom. The van der Waals surface area contributed by atoms with E-state index in [9.17, 15) is 9.59 Å². The minimum absolute atomic E-state index is 0.230. The highest BCUT2D eigenvalue weighted by Gasteiger charge is 2.22. The number of methoxy groups -OCH3 is 1. The molecule has 1 aromatic heterocycles. The summed E-state index contributed by atoms with van der Waals surface area (Å²) < 4.78 is 16.9. The molecule has 0 unspecified atom stereocenters. The van der Waals surface area contributed by atoms with E-state index in [-0.39, 0.29) is 12.5 Å². The highest BCUT2D eigenvalue weighted by molar-refractivity contribution is 9.10. The molecule has 0 aliphatic rings. The maximum atomic E-state index is 12.7. The Morgan fingerprint density at radius 2 is 1.85 bits per heavy atom. The summed E-state index contributed by atoms with van der Waals surface area (Å²) in [5.41, 5.74) is 2.59. The predicted octanol–water partition coefficient (Wildman–Crippen LogP) is 6.41. The predicted molar refractivity (Wildman–Crippen MR) is 135 cm³/mol. The zero-order valence-corrected chi connectivity index (χ0v) is 20.9. The number of carbonyl (C=O) groups is 2. The average Bonchev–Trinajstić information content (AvgIpc) is 3.22. The average molecular weight is 530 g/mol. The second-order valence-electron chi connectivity index (χ2n) is 6.74. The number of esters is 1. The zero-order valence-electron chi connectivity index (χ0n) is 18.5. The van der Waals surface area contributed by atoms with Crippen LogP contribution in [0, 0.1) is 0 Å². The second kappa shape index (κ2) is 11.7.